The first-order valence-corrected chi connectivity index (χ1v) is 8.67. The third-order valence-corrected chi connectivity index (χ3v) is 4.70. The summed E-state index contributed by atoms with van der Waals surface area (Å²) in [5.74, 6) is 0. The van der Waals surface area contributed by atoms with E-state index in [1.165, 1.54) is 43.2 Å². The lowest BCUT2D eigenvalue weighted by Crippen LogP contribution is -2.15. The molecule has 0 aliphatic carbocycles. The predicted octanol–water partition coefficient (Wildman–Crippen LogP) is 5.69. The molecule has 0 saturated carbocycles. The third-order valence-electron chi connectivity index (χ3n) is 4.70. The first kappa shape index (κ1) is 15.3. The molecule has 1 aliphatic rings. The largest absolute Gasteiger partial charge is 0.356 e. The van der Waals surface area contributed by atoms with Crippen LogP contribution in [0.4, 0.5) is 0 Å². The lowest BCUT2D eigenvalue weighted by molar-refractivity contribution is 0.321. The molecule has 1 fully saturated rings. The monoisotopic (exact) mass is 294 g/mol. The molecule has 1 atom stereocenters. The second-order valence-corrected chi connectivity index (χ2v) is 6.28. The van der Waals surface area contributed by atoms with Crippen molar-refractivity contribution in [1.82, 2.24) is 0 Å². The van der Waals surface area contributed by atoms with Gasteiger partial charge in [0.1, 0.15) is 5.60 Å². The molecule has 22 heavy (non-hydrogen) atoms. The van der Waals surface area contributed by atoms with E-state index in [4.69, 9.17) is 4.74 Å². The summed E-state index contributed by atoms with van der Waals surface area (Å²) in [5, 5.41) is 0. The van der Waals surface area contributed by atoms with Crippen molar-refractivity contribution in [3.05, 3.63) is 71.8 Å². The highest BCUT2D eigenvalue weighted by atomic mass is 16.6. The topological polar surface area (TPSA) is 12.5 Å². The summed E-state index contributed by atoms with van der Waals surface area (Å²) in [6.07, 6.45) is 8.10. The molecule has 1 aliphatic heterocycles. The standard InChI is InChI=1S/C21H26O/c1-2-3-4-5-12-17-20-21(22-20,18-13-8-6-9-14-18)19-15-10-7-11-16-19/h6-11,13-16,20H,2-5,12,17H2,1H3. The maximum atomic E-state index is 6.28. The summed E-state index contributed by atoms with van der Waals surface area (Å²) in [6.45, 7) is 2.26. The molecular formula is C21H26O. The van der Waals surface area contributed by atoms with Crippen LogP contribution in [0.1, 0.15) is 56.6 Å². The van der Waals surface area contributed by atoms with Gasteiger partial charge >= 0.3 is 0 Å². The van der Waals surface area contributed by atoms with E-state index in [2.05, 4.69) is 67.6 Å². The third kappa shape index (κ3) is 3.10. The highest BCUT2D eigenvalue weighted by Gasteiger charge is 2.58. The summed E-state index contributed by atoms with van der Waals surface area (Å²) in [5.41, 5.74) is 2.38. The fraction of sp³-hybridized carbons (Fsp3) is 0.429. The van der Waals surface area contributed by atoms with E-state index in [9.17, 15) is 0 Å². The van der Waals surface area contributed by atoms with Crippen LogP contribution in [0.3, 0.4) is 0 Å². The molecule has 3 rings (SSSR count). The van der Waals surface area contributed by atoms with Gasteiger partial charge < -0.3 is 4.74 Å². The molecule has 1 heterocycles. The van der Waals surface area contributed by atoms with Gasteiger partial charge in [-0.05, 0) is 17.5 Å². The van der Waals surface area contributed by atoms with Gasteiger partial charge in [-0.25, -0.2) is 0 Å². The number of hydrogen-bond acceptors (Lipinski definition) is 1. The average molecular weight is 294 g/mol. The number of rotatable bonds is 8. The normalized spacial score (nSPS) is 19.0. The molecule has 1 unspecified atom stereocenters. The Morgan fingerprint density at radius 1 is 0.773 bits per heavy atom. The molecule has 2 aromatic rings. The molecule has 0 bridgehead atoms. The van der Waals surface area contributed by atoms with E-state index < -0.39 is 0 Å². The zero-order valence-corrected chi connectivity index (χ0v) is 13.5. The van der Waals surface area contributed by atoms with Crippen LogP contribution in [0.15, 0.2) is 60.7 Å². The number of epoxide rings is 1. The van der Waals surface area contributed by atoms with Gasteiger partial charge in [0.05, 0.1) is 6.10 Å². The second kappa shape index (κ2) is 7.11. The molecule has 0 spiro atoms. The van der Waals surface area contributed by atoms with Crippen LogP contribution >= 0.6 is 0 Å². The summed E-state index contributed by atoms with van der Waals surface area (Å²) in [6, 6.07) is 21.4. The molecule has 0 N–H and O–H groups in total. The van der Waals surface area contributed by atoms with E-state index in [0.717, 1.165) is 6.42 Å². The van der Waals surface area contributed by atoms with Crippen LogP contribution < -0.4 is 0 Å². The zero-order chi connectivity index (χ0) is 15.3. The first-order valence-electron chi connectivity index (χ1n) is 8.67. The Bertz CT molecular complexity index is 521. The van der Waals surface area contributed by atoms with Gasteiger partial charge in [0.15, 0.2) is 0 Å². The number of unbranched alkanes of at least 4 members (excludes halogenated alkanes) is 4. The Morgan fingerprint density at radius 2 is 1.32 bits per heavy atom. The minimum Gasteiger partial charge on any atom is -0.356 e. The molecule has 2 aromatic carbocycles. The Balaban J connectivity index is 1.71. The fourth-order valence-electron chi connectivity index (χ4n) is 3.43. The van der Waals surface area contributed by atoms with Crippen molar-refractivity contribution in [3.63, 3.8) is 0 Å². The Hall–Kier alpha value is -1.60. The first-order chi connectivity index (χ1) is 10.9. The van der Waals surface area contributed by atoms with Crippen LogP contribution in [0.25, 0.3) is 0 Å². The van der Waals surface area contributed by atoms with Crippen LogP contribution in [0.5, 0.6) is 0 Å². The SMILES string of the molecule is CCCCCCCC1OC1(c1ccccc1)c1ccccc1. The summed E-state index contributed by atoms with van der Waals surface area (Å²) in [7, 11) is 0. The van der Waals surface area contributed by atoms with Crippen molar-refractivity contribution >= 4 is 0 Å². The van der Waals surface area contributed by atoms with E-state index >= 15 is 0 Å². The van der Waals surface area contributed by atoms with Gasteiger partial charge in [-0.1, -0.05) is 99.7 Å². The minimum atomic E-state index is -0.201. The van der Waals surface area contributed by atoms with Crippen LogP contribution in [0, 0.1) is 0 Å². The lowest BCUT2D eigenvalue weighted by atomic mass is 9.86. The van der Waals surface area contributed by atoms with Gasteiger partial charge in [0.2, 0.25) is 0 Å². The van der Waals surface area contributed by atoms with Crippen LogP contribution in [0.2, 0.25) is 0 Å². The van der Waals surface area contributed by atoms with E-state index in [1.807, 2.05) is 0 Å². The summed E-state index contributed by atoms with van der Waals surface area (Å²) < 4.78 is 6.28. The smallest absolute Gasteiger partial charge is 0.145 e. The number of benzene rings is 2. The average Bonchev–Trinajstić information content (AvgIpc) is 3.32. The van der Waals surface area contributed by atoms with Crippen molar-refractivity contribution in [1.29, 1.82) is 0 Å². The maximum Gasteiger partial charge on any atom is 0.145 e. The molecule has 1 nitrogen and oxygen atoms in total. The predicted molar refractivity (Wildman–Crippen MR) is 91.9 cm³/mol. The zero-order valence-electron chi connectivity index (χ0n) is 13.5. The second-order valence-electron chi connectivity index (χ2n) is 6.28. The highest BCUT2D eigenvalue weighted by molar-refractivity contribution is 5.42. The summed E-state index contributed by atoms with van der Waals surface area (Å²) >= 11 is 0. The minimum absolute atomic E-state index is 0.201. The van der Waals surface area contributed by atoms with Crippen molar-refractivity contribution < 1.29 is 4.74 Å². The van der Waals surface area contributed by atoms with Crippen molar-refractivity contribution in [2.24, 2.45) is 0 Å². The van der Waals surface area contributed by atoms with Gasteiger partial charge in [-0.15, -0.1) is 0 Å². The molecular weight excluding hydrogens is 268 g/mol. The van der Waals surface area contributed by atoms with Gasteiger partial charge in [-0.2, -0.15) is 0 Å². The van der Waals surface area contributed by atoms with Crippen molar-refractivity contribution in [2.45, 2.75) is 57.2 Å². The van der Waals surface area contributed by atoms with Crippen LogP contribution in [-0.4, -0.2) is 6.10 Å². The number of ether oxygens (including phenoxy) is 1. The van der Waals surface area contributed by atoms with E-state index in [0.29, 0.717) is 6.10 Å². The molecule has 0 aromatic heterocycles. The Labute approximate surface area is 134 Å². The van der Waals surface area contributed by atoms with Gasteiger partial charge in [0, 0.05) is 0 Å². The number of hydrogen-bond donors (Lipinski definition) is 0. The summed E-state index contributed by atoms with van der Waals surface area (Å²) in [4.78, 5) is 0. The lowest BCUT2D eigenvalue weighted by Gasteiger charge is -2.14. The maximum absolute atomic E-state index is 6.28. The molecule has 116 valence electrons. The fourth-order valence-corrected chi connectivity index (χ4v) is 3.43. The van der Waals surface area contributed by atoms with Crippen LogP contribution in [-0.2, 0) is 10.3 Å². The molecule has 1 saturated heterocycles. The van der Waals surface area contributed by atoms with Gasteiger partial charge in [-0.3, -0.25) is 0 Å². The van der Waals surface area contributed by atoms with Crippen molar-refractivity contribution in [3.8, 4) is 0 Å². The quantitative estimate of drug-likeness (QED) is 0.450. The Morgan fingerprint density at radius 3 is 1.86 bits per heavy atom. The molecule has 0 amide bonds. The van der Waals surface area contributed by atoms with E-state index in [-0.39, 0.29) is 5.60 Å². The molecule has 1 heteroatoms. The molecule has 0 radical (unpaired) electrons. The Kier molecular flexibility index (Phi) is 4.94. The van der Waals surface area contributed by atoms with Crippen molar-refractivity contribution in [2.75, 3.05) is 0 Å². The van der Waals surface area contributed by atoms with Gasteiger partial charge in [0.25, 0.3) is 0 Å². The van der Waals surface area contributed by atoms with E-state index in [1.54, 1.807) is 0 Å². The highest BCUT2D eigenvalue weighted by Crippen LogP contribution is 2.53.